The molecule has 7 N–H and O–H groups in total. The van der Waals surface area contributed by atoms with Gasteiger partial charge >= 0.3 is 5.97 Å². The van der Waals surface area contributed by atoms with E-state index in [1.165, 1.54) is 43.2 Å². The van der Waals surface area contributed by atoms with Crippen LogP contribution < -0.4 is 21.7 Å². The van der Waals surface area contributed by atoms with Gasteiger partial charge in [-0.1, -0.05) is 87.1 Å². The molecule has 0 amide bonds. The summed E-state index contributed by atoms with van der Waals surface area (Å²) in [6.07, 6.45) is 26.8. The van der Waals surface area contributed by atoms with Crippen molar-refractivity contribution in [1.29, 1.82) is 0 Å². The van der Waals surface area contributed by atoms with E-state index in [9.17, 15) is 10.2 Å². The highest BCUT2D eigenvalue weighted by Crippen LogP contribution is 2.61. The highest BCUT2D eigenvalue weighted by Gasteiger charge is 2.86. The number of carbonyl (C=O) groups excluding carboxylic acids is 3. The van der Waals surface area contributed by atoms with Crippen molar-refractivity contribution in [3.63, 3.8) is 0 Å². The number of aliphatic hydroxyl groups is 2. The minimum absolute atomic E-state index is 0.0824. The van der Waals surface area contributed by atoms with E-state index in [1.807, 2.05) is 56.7 Å². The number of ketones is 2. The van der Waals surface area contributed by atoms with Crippen molar-refractivity contribution in [3.8, 4) is 0 Å². The average Bonchev–Trinajstić information content (AvgIpc) is 4.12. The predicted molar refractivity (Wildman–Crippen MR) is 288 cm³/mol. The molecule has 13 nitrogen and oxygen atoms in total. The minimum Gasteiger partial charge on any atom is -0.459 e. The number of cyclic esters (lactones) is 1. The molecule has 13 heteroatoms. The number of esters is 1. The van der Waals surface area contributed by atoms with Crippen molar-refractivity contribution in [2.75, 3.05) is 37.9 Å². The first-order chi connectivity index (χ1) is 35.9. The molecule has 1 saturated heterocycles. The first kappa shape index (κ1) is 52.4. The number of benzene rings is 1. The molecule has 2 fully saturated rings. The molecular formula is C61H80N6O7. The number of nitrogens with one attached hydrogen (secondary N) is 3. The quantitative estimate of drug-likeness (QED) is 0.0365. The van der Waals surface area contributed by atoms with E-state index in [4.69, 9.17) is 15.2 Å². The van der Waals surface area contributed by atoms with Crippen LogP contribution in [0.15, 0.2) is 83.7 Å². The van der Waals surface area contributed by atoms with Crippen molar-refractivity contribution >= 4 is 29.2 Å². The predicted octanol–water partition coefficient (Wildman–Crippen LogP) is 8.91. The molecule has 10 rings (SSSR count). The number of fused-ring (bicyclic) bond motifs is 2. The summed E-state index contributed by atoms with van der Waals surface area (Å²) in [5, 5.41) is 32.4. The summed E-state index contributed by atoms with van der Waals surface area (Å²) < 4.78 is 13.6. The molecule has 7 aliphatic rings. The molecule has 0 radical (unpaired) electrons. The fourth-order valence-electron chi connectivity index (χ4n) is 14.3. The maximum absolute atomic E-state index is 16.0. The van der Waals surface area contributed by atoms with Gasteiger partial charge in [-0.2, -0.15) is 0 Å². The number of epoxide rings is 1. The van der Waals surface area contributed by atoms with Crippen LogP contribution in [0.5, 0.6) is 0 Å². The molecule has 1 spiro atoms. The number of ether oxygens (including phenoxy) is 2. The van der Waals surface area contributed by atoms with Crippen LogP contribution in [0.4, 0.5) is 11.6 Å². The van der Waals surface area contributed by atoms with Gasteiger partial charge in [-0.25, -0.2) is 14.8 Å². The van der Waals surface area contributed by atoms with Gasteiger partial charge in [-0.15, -0.1) is 0 Å². The third kappa shape index (κ3) is 10.3. The molecule has 3 aliphatic heterocycles. The van der Waals surface area contributed by atoms with Crippen LogP contribution >= 0.6 is 0 Å². The van der Waals surface area contributed by atoms with Gasteiger partial charge in [-0.3, -0.25) is 9.59 Å². The van der Waals surface area contributed by atoms with Crippen LogP contribution in [-0.2, 0) is 40.0 Å². The Morgan fingerprint density at radius 1 is 0.986 bits per heavy atom. The zero-order chi connectivity index (χ0) is 51.6. The second-order valence-electron chi connectivity index (χ2n) is 23.5. The smallest absolute Gasteiger partial charge is 0.350 e. The summed E-state index contributed by atoms with van der Waals surface area (Å²) >= 11 is 0. The number of hydrogen-bond donors (Lipinski definition) is 6. The second kappa shape index (κ2) is 22.3. The Hall–Kier alpha value is -5.05. The molecule has 5 heterocycles. The first-order valence-corrected chi connectivity index (χ1v) is 28.1. The van der Waals surface area contributed by atoms with Crippen molar-refractivity contribution in [2.45, 2.75) is 172 Å². The summed E-state index contributed by atoms with van der Waals surface area (Å²) in [6, 6.07) is 11.3. The SMILES string of the molecule is CNC1CCc2c(CCC(C)=C(CO)CC34OC35C(=O)OC(CCCO)C3CC6C(=CC3NCC3CCCCC3)C=CCC6CCCCC(C)(Cc3ccc(N)nc3)Cc3cccc(c3C5=O)C4=O)ccnc2N1. The number of nitrogen functional groups attached to an aromatic ring is 1. The van der Waals surface area contributed by atoms with Crippen LogP contribution in [0.3, 0.4) is 0 Å². The molecule has 74 heavy (non-hydrogen) atoms. The molecule has 9 unspecified atom stereocenters. The second-order valence-corrected chi connectivity index (χ2v) is 23.5. The fourth-order valence-corrected chi connectivity index (χ4v) is 14.3. The van der Waals surface area contributed by atoms with Gasteiger partial charge in [0.15, 0.2) is 11.4 Å². The van der Waals surface area contributed by atoms with Crippen LogP contribution in [-0.4, -0.2) is 94.0 Å². The number of Topliss-reactive ketones (excluding diaryl/α,β-unsaturated/α-hetero) is 2. The van der Waals surface area contributed by atoms with Crippen LogP contribution in [0.25, 0.3) is 0 Å². The summed E-state index contributed by atoms with van der Waals surface area (Å²) in [6.45, 7) is 4.62. The van der Waals surface area contributed by atoms with Gasteiger partial charge in [0, 0.05) is 48.5 Å². The standard InChI is InChI=1S/C61H80N6O7/c1-38(20-22-42-26-28-64-57-46(42)23-25-53(63-3)67-57)45(37-69)34-60-55(70)47-18-10-17-44-33-59(2,32-40-21-24-52(62)66-36-40)27-8-7-14-41-15-9-16-43-30-50(65-35-39-12-5-4-6-13-39)49(31-48(41)43)51(19-11-29-68)73-58(72)61(60,74-60)56(71)54(44)47/h9-10,16-18,21,24,26,28,30,36,39,41,48-51,53,63,65,68-69H,4-8,11-15,19-20,22-23,25,27,29,31-35,37H2,1-3H3,(H2,62,66)(H,64,67). The van der Waals surface area contributed by atoms with Crippen molar-refractivity contribution in [3.05, 3.63) is 117 Å². The van der Waals surface area contributed by atoms with E-state index in [0.29, 0.717) is 67.3 Å². The summed E-state index contributed by atoms with van der Waals surface area (Å²) in [7, 11) is 1.94. The summed E-state index contributed by atoms with van der Waals surface area (Å²) in [5.41, 5.74) is 8.78. The zero-order valence-electron chi connectivity index (χ0n) is 44.1. The lowest BCUT2D eigenvalue weighted by Crippen LogP contribution is -2.54. The van der Waals surface area contributed by atoms with Gasteiger partial charge < -0.3 is 41.4 Å². The molecule has 1 saturated carbocycles. The van der Waals surface area contributed by atoms with Gasteiger partial charge in [0.25, 0.3) is 5.60 Å². The van der Waals surface area contributed by atoms with E-state index in [1.54, 1.807) is 6.07 Å². The molecule has 396 valence electrons. The molecule has 3 aromatic rings. The Bertz CT molecular complexity index is 2660. The third-order valence-electron chi connectivity index (χ3n) is 18.5. The Morgan fingerprint density at radius 3 is 2.61 bits per heavy atom. The third-order valence-corrected chi connectivity index (χ3v) is 18.5. The number of aryl methyl sites for hydroxylation is 1. The van der Waals surface area contributed by atoms with Gasteiger partial charge in [-0.05, 0) is 179 Å². The minimum atomic E-state index is -2.27. The Labute approximate surface area is 438 Å². The number of aromatic nitrogens is 2. The molecule has 2 aromatic heterocycles. The van der Waals surface area contributed by atoms with E-state index in [2.05, 4.69) is 51.1 Å². The van der Waals surface area contributed by atoms with Gasteiger partial charge in [0.05, 0.1) is 12.8 Å². The molecule has 4 aliphatic carbocycles. The molecule has 4 bridgehead atoms. The number of carbonyl (C=O) groups is 3. The number of rotatable bonds is 15. The molecule has 1 aromatic carbocycles. The van der Waals surface area contributed by atoms with E-state index < -0.39 is 34.8 Å². The molecular weight excluding hydrogens is 929 g/mol. The fraction of sp³-hybridized carbons (Fsp3) is 0.590. The Balaban J connectivity index is 1.04. The summed E-state index contributed by atoms with van der Waals surface area (Å²) in [4.78, 5) is 56.4. The summed E-state index contributed by atoms with van der Waals surface area (Å²) in [5.74, 6) is 0.552. The van der Waals surface area contributed by atoms with Gasteiger partial charge in [0.1, 0.15) is 17.7 Å². The van der Waals surface area contributed by atoms with Crippen LogP contribution in [0, 0.1) is 29.1 Å². The Kier molecular flexibility index (Phi) is 15.8. The number of aliphatic hydroxyl groups excluding tert-OH is 2. The maximum Gasteiger partial charge on any atom is 0.350 e. The van der Waals surface area contributed by atoms with Crippen molar-refractivity contribution < 1.29 is 34.1 Å². The maximum atomic E-state index is 16.0. The number of nitrogens with two attached hydrogens (primary N) is 1. The van der Waals surface area contributed by atoms with Gasteiger partial charge in [0.2, 0.25) is 5.78 Å². The highest BCUT2D eigenvalue weighted by atomic mass is 16.7. The average molecular weight is 1010 g/mol. The Morgan fingerprint density at radius 2 is 1.82 bits per heavy atom. The lowest BCUT2D eigenvalue weighted by atomic mass is 9.66. The number of nitrogens with zero attached hydrogens (tertiary/aromatic N) is 2. The highest BCUT2D eigenvalue weighted by molar-refractivity contribution is 6.33. The van der Waals surface area contributed by atoms with E-state index in [0.717, 1.165) is 80.4 Å². The van der Waals surface area contributed by atoms with Crippen molar-refractivity contribution in [2.24, 2.45) is 29.1 Å². The number of hydrogen-bond acceptors (Lipinski definition) is 13. The lowest BCUT2D eigenvalue weighted by molar-refractivity contribution is -0.158. The number of allylic oxidation sites excluding steroid dienone is 4. The largest absolute Gasteiger partial charge is 0.459 e. The van der Waals surface area contributed by atoms with Crippen molar-refractivity contribution in [1.82, 2.24) is 20.6 Å². The van der Waals surface area contributed by atoms with Crippen LogP contribution in [0.2, 0.25) is 0 Å². The monoisotopic (exact) mass is 1010 g/mol. The van der Waals surface area contributed by atoms with Crippen LogP contribution in [0.1, 0.15) is 160 Å². The first-order valence-electron chi connectivity index (χ1n) is 28.1. The van der Waals surface area contributed by atoms with E-state index >= 15 is 14.4 Å². The number of pyridine rings is 2. The molecule has 9 atom stereocenters. The topological polar surface area (TPSA) is 201 Å². The number of anilines is 2. The zero-order valence-corrected chi connectivity index (χ0v) is 44.1. The van der Waals surface area contributed by atoms with E-state index in [-0.39, 0.29) is 60.2 Å². The normalized spacial score (nSPS) is 31.3. The lowest BCUT2D eigenvalue weighted by Gasteiger charge is -2.43.